The molecule has 0 fully saturated rings. The highest BCUT2D eigenvalue weighted by Crippen LogP contribution is 2.28. The highest BCUT2D eigenvalue weighted by Gasteiger charge is 2.25. The Morgan fingerprint density at radius 1 is 1.42 bits per heavy atom. The number of hydrogen-bond donors (Lipinski definition) is 3. The van der Waals surface area contributed by atoms with Crippen molar-refractivity contribution in [2.45, 2.75) is 25.4 Å². The first kappa shape index (κ1) is 14.0. The first-order valence-corrected chi connectivity index (χ1v) is 6.68. The number of nitrogens with two attached hydrogens (primary N) is 2. The summed E-state index contributed by atoms with van der Waals surface area (Å²) < 4.78 is 0. The number of rotatable bonds is 5. The molecule has 1 heterocycles. The van der Waals surface area contributed by atoms with Crippen molar-refractivity contribution in [3.05, 3.63) is 29.3 Å². The summed E-state index contributed by atoms with van der Waals surface area (Å²) in [6, 6.07) is 6.06. The van der Waals surface area contributed by atoms with E-state index in [1.54, 1.807) is 4.90 Å². The molecule has 1 aromatic carbocycles. The Morgan fingerprint density at radius 2 is 2.21 bits per heavy atom. The molecule has 0 spiro atoms. The fourth-order valence-electron chi connectivity index (χ4n) is 2.44. The maximum absolute atomic E-state index is 12.0. The van der Waals surface area contributed by atoms with Crippen LogP contribution in [-0.4, -0.2) is 32.1 Å². The van der Waals surface area contributed by atoms with Crippen LogP contribution in [0.5, 0.6) is 0 Å². The van der Waals surface area contributed by atoms with Crippen molar-refractivity contribution in [1.82, 2.24) is 5.32 Å². The Labute approximate surface area is 113 Å². The van der Waals surface area contributed by atoms with Crippen LogP contribution in [0.25, 0.3) is 0 Å². The molecular weight excluding hydrogens is 240 g/mol. The molecule has 5 N–H and O–H groups in total. The zero-order valence-electron chi connectivity index (χ0n) is 11.4. The summed E-state index contributed by atoms with van der Waals surface area (Å²) in [6.07, 6.45) is 1.35. The summed E-state index contributed by atoms with van der Waals surface area (Å²) in [5.74, 6) is 0.137. The van der Waals surface area contributed by atoms with Gasteiger partial charge in [-0.2, -0.15) is 0 Å². The van der Waals surface area contributed by atoms with Crippen LogP contribution < -0.4 is 21.7 Å². The molecule has 0 saturated carbocycles. The minimum absolute atomic E-state index is 0.137. The third kappa shape index (κ3) is 3.12. The third-order valence-corrected chi connectivity index (χ3v) is 3.44. The Kier molecular flexibility index (Phi) is 4.52. The molecule has 1 aliphatic heterocycles. The van der Waals surface area contributed by atoms with Gasteiger partial charge in [-0.1, -0.05) is 12.1 Å². The lowest BCUT2D eigenvalue weighted by Gasteiger charge is -2.31. The van der Waals surface area contributed by atoms with Crippen LogP contribution in [0.3, 0.4) is 0 Å². The van der Waals surface area contributed by atoms with E-state index in [1.165, 1.54) is 11.1 Å². The molecule has 1 aromatic rings. The van der Waals surface area contributed by atoms with E-state index in [-0.39, 0.29) is 11.9 Å². The summed E-state index contributed by atoms with van der Waals surface area (Å²) in [5.41, 5.74) is 14.9. The summed E-state index contributed by atoms with van der Waals surface area (Å²) in [4.78, 5) is 13.8. The summed E-state index contributed by atoms with van der Waals surface area (Å²) in [5, 5.41) is 3.14. The number of fused-ring (bicyclic) bond motifs is 1. The van der Waals surface area contributed by atoms with E-state index >= 15 is 0 Å². The van der Waals surface area contributed by atoms with Gasteiger partial charge in [0.05, 0.1) is 0 Å². The molecule has 2 rings (SSSR count). The van der Waals surface area contributed by atoms with Gasteiger partial charge in [-0.3, -0.25) is 4.79 Å². The van der Waals surface area contributed by atoms with Crippen LogP contribution >= 0.6 is 0 Å². The smallest absolute Gasteiger partial charge is 0.227 e. The molecule has 1 amide bonds. The molecule has 1 unspecified atom stereocenters. The normalized spacial score (nSPS) is 16.4. The topological polar surface area (TPSA) is 84.4 Å². The highest BCUT2D eigenvalue weighted by molar-refractivity contribution is 5.96. The van der Waals surface area contributed by atoms with Gasteiger partial charge in [-0.25, -0.2) is 0 Å². The van der Waals surface area contributed by atoms with E-state index in [1.807, 2.05) is 13.1 Å². The second-order valence-electron chi connectivity index (χ2n) is 4.99. The number of carbonyl (C=O) groups excluding carboxylic acids is 1. The fourth-order valence-corrected chi connectivity index (χ4v) is 2.44. The van der Waals surface area contributed by atoms with Crippen molar-refractivity contribution in [1.29, 1.82) is 0 Å². The molecule has 1 aliphatic rings. The quantitative estimate of drug-likeness (QED) is 0.696. The van der Waals surface area contributed by atoms with Crippen molar-refractivity contribution in [3.8, 4) is 0 Å². The van der Waals surface area contributed by atoms with Crippen molar-refractivity contribution >= 4 is 11.6 Å². The van der Waals surface area contributed by atoms with Gasteiger partial charge in [-0.15, -0.1) is 0 Å². The third-order valence-electron chi connectivity index (χ3n) is 3.44. The predicted octanol–water partition coefficient (Wildman–Crippen LogP) is -0.0288. The number of benzene rings is 1. The van der Waals surface area contributed by atoms with Crippen LogP contribution in [0.1, 0.15) is 17.5 Å². The minimum atomic E-state index is -0.174. The zero-order valence-corrected chi connectivity index (χ0v) is 11.4. The minimum Gasteiger partial charge on any atom is -0.329 e. The fraction of sp³-hybridized carbons (Fsp3) is 0.500. The molecule has 5 heteroatoms. The van der Waals surface area contributed by atoms with Crippen LogP contribution in [0.15, 0.2) is 18.2 Å². The van der Waals surface area contributed by atoms with Crippen molar-refractivity contribution < 1.29 is 4.79 Å². The van der Waals surface area contributed by atoms with Gasteiger partial charge in [0, 0.05) is 37.8 Å². The van der Waals surface area contributed by atoms with Crippen molar-refractivity contribution in [3.63, 3.8) is 0 Å². The molecule has 1 atom stereocenters. The molecule has 0 saturated heterocycles. The summed E-state index contributed by atoms with van der Waals surface area (Å²) >= 11 is 0. The molecular formula is C14H22N4O. The highest BCUT2D eigenvalue weighted by atomic mass is 16.2. The average molecular weight is 262 g/mol. The first-order valence-electron chi connectivity index (χ1n) is 6.68. The lowest BCUT2D eigenvalue weighted by molar-refractivity contribution is -0.118. The number of nitrogens with one attached hydrogen (secondary N) is 1. The van der Waals surface area contributed by atoms with Crippen molar-refractivity contribution in [2.75, 3.05) is 25.0 Å². The molecule has 104 valence electrons. The van der Waals surface area contributed by atoms with E-state index in [0.29, 0.717) is 19.5 Å². The largest absolute Gasteiger partial charge is 0.329 e. The maximum atomic E-state index is 12.0. The Hall–Kier alpha value is -1.43. The first-order chi connectivity index (χ1) is 9.15. The van der Waals surface area contributed by atoms with E-state index in [9.17, 15) is 4.79 Å². The Morgan fingerprint density at radius 3 is 2.89 bits per heavy atom. The van der Waals surface area contributed by atoms with Gasteiger partial charge in [0.15, 0.2) is 0 Å². The second kappa shape index (κ2) is 6.14. The predicted molar refractivity (Wildman–Crippen MR) is 76.9 cm³/mol. The van der Waals surface area contributed by atoms with Gasteiger partial charge >= 0.3 is 0 Å². The molecule has 0 radical (unpaired) electrons. The standard InChI is InChI=1S/C14H22N4O/c1-17-8-10-2-4-13-11(6-10)3-5-14(19)18(13)9-12(16)7-15/h2,4,6,12,17H,3,5,7-9,15-16H2,1H3. The van der Waals surface area contributed by atoms with E-state index in [4.69, 9.17) is 11.5 Å². The lowest BCUT2D eigenvalue weighted by Crippen LogP contribution is -2.46. The van der Waals surface area contributed by atoms with Gasteiger partial charge in [0.2, 0.25) is 5.91 Å². The average Bonchev–Trinajstić information content (AvgIpc) is 2.42. The second-order valence-corrected chi connectivity index (χ2v) is 4.99. The van der Waals surface area contributed by atoms with Gasteiger partial charge in [0.1, 0.15) is 0 Å². The number of carbonyl (C=O) groups is 1. The zero-order chi connectivity index (χ0) is 13.8. The van der Waals surface area contributed by atoms with Gasteiger partial charge in [-0.05, 0) is 30.7 Å². The van der Waals surface area contributed by atoms with Gasteiger partial charge < -0.3 is 21.7 Å². The number of amides is 1. The summed E-state index contributed by atoms with van der Waals surface area (Å²) in [7, 11) is 1.93. The lowest BCUT2D eigenvalue weighted by atomic mass is 9.98. The van der Waals surface area contributed by atoms with Crippen LogP contribution in [0.2, 0.25) is 0 Å². The molecule has 5 nitrogen and oxygen atoms in total. The monoisotopic (exact) mass is 262 g/mol. The number of hydrogen-bond acceptors (Lipinski definition) is 4. The van der Waals surface area contributed by atoms with Crippen LogP contribution in [0.4, 0.5) is 5.69 Å². The van der Waals surface area contributed by atoms with E-state index < -0.39 is 0 Å². The molecule has 19 heavy (non-hydrogen) atoms. The Bertz CT molecular complexity index is 461. The number of aryl methyl sites for hydroxylation is 1. The van der Waals surface area contributed by atoms with Crippen molar-refractivity contribution in [2.24, 2.45) is 11.5 Å². The van der Waals surface area contributed by atoms with E-state index in [0.717, 1.165) is 18.7 Å². The SMILES string of the molecule is CNCc1ccc2c(c1)CCC(=O)N2CC(N)CN. The maximum Gasteiger partial charge on any atom is 0.227 e. The van der Waals surface area contributed by atoms with Crippen LogP contribution in [-0.2, 0) is 17.8 Å². The molecule has 0 bridgehead atoms. The van der Waals surface area contributed by atoms with E-state index in [2.05, 4.69) is 17.4 Å². The van der Waals surface area contributed by atoms with Crippen LogP contribution in [0, 0.1) is 0 Å². The Balaban J connectivity index is 2.26. The number of anilines is 1. The molecule has 0 aromatic heterocycles. The summed E-state index contributed by atoms with van der Waals surface area (Å²) in [6.45, 7) is 1.72. The molecule has 0 aliphatic carbocycles. The van der Waals surface area contributed by atoms with Gasteiger partial charge in [0.25, 0.3) is 0 Å². The number of nitrogens with zero attached hydrogens (tertiary/aromatic N) is 1.